The van der Waals surface area contributed by atoms with Crippen LogP contribution in [-0.4, -0.2) is 24.2 Å². The summed E-state index contributed by atoms with van der Waals surface area (Å²) >= 11 is 0. The summed E-state index contributed by atoms with van der Waals surface area (Å²) < 4.78 is 23.5. The monoisotopic (exact) mass is 395 g/mol. The number of rotatable bonds is 7. The molecule has 148 valence electrons. The second kappa shape index (κ2) is 8.83. The van der Waals surface area contributed by atoms with Crippen molar-refractivity contribution < 1.29 is 28.2 Å². The smallest absolute Gasteiger partial charge is 0.277 e. The minimum Gasteiger partial charge on any atom is -0.542 e. The van der Waals surface area contributed by atoms with Gasteiger partial charge >= 0.3 is 0 Å². The third-order valence-electron chi connectivity index (χ3n) is 3.91. The topological polar surface area (TPSA) is 104 Å². The summed E-state index contributed by atoms with van der Waals surface area (Å²) in [6, 6.07) is 15.3. The molecular weight excluding hydrogens is 379 g/mol. The molecule has 3 rings (SSSR count). The Balaban J connectivity index is 1.57. The highest BCUT2D eigenvalue weighted by atomic mass is 19.1. The van der Waals surface area contributed by atoms with Crippen LogP contribution in [0.15, 0.2) is 70.2 Å². The van der Waals surface area contributed by atoms with Crippen LogP contribution >= 0.6 is 0 Å². The fraction of sp³-hybridized carbons (Fsp3) is 0.0952. The van der Waals surface area contributed by atoms with Crippen LogP contribution in [0.3, 0.4) is 0 Å². The second-order valence-corrected chi connectivity index (χ2v) is 6.01. The highest BCUT2D eigenvalue weighted by molar-refractivity contribution is 5.99. The number of nitrogens with one attached hydrogen (secondary N) is 1. The first kappa shape index (κ1) is 19.8. The quantitative estimate of drug-likeness (QED) is 0.489. The van der Waals surface area contributed by atoms with Crippen LogP contribution in [0.4, 0.5) is 4.39 Å². The van der Waals surface area contributed by atoms with Crippen LogP contribution in [-0.2, 0) is 4.79 Å². The number of hydrazone groups is 1. The molecule has 1 heterocycles. The van der Waals surface area contributed by atoms with Crippen LogP contribution < -0.4 is 15.3 Å². The lowest BCUT2D eigenvalue weighted by Gasteiger charge is -2.06. The third-order valence-corrected chi connectivity index (χ3v) is 3.91. The molecule has 0 unspecified atom stereocenters. The molecule has 0 saturated carbocycles. The summed E-state index contributed by atoms with van der Waals surface area (Å²) in [7, 11) is 0. The number of hydrogen-bond acceptors (Lipinski definition) is 6. The molecule has 0 atom stereocenters. The Morgan fingerprint density at radius 2 is 1.90 bits per heavy atom. The summed E-state index contributed by atoms with van der Waals surface area (Å²) in [5, 5.41) is 14.8. The SMILES string of the molecule is C/C(=N/NC(=O)COc1cccc(F)c1)c1ccc(-c2ccc(C(=O)[O-])o2)cc1. The zero-order valence-electron chi connectivity index (χ0n) is 15.3. The predicted octanol–water partition coefficient (Wildman–Crippen LogP) is 2.37. The average molecular weight is 395 g/mol. The van der Waals surface area contributed by atoms with E-state index in [1.54, 1.807) is 43.3 Å². The van der Waals surface area contributed by atoms with Gasteiger partial charge in [0.15, 0.2) is 6.61 Å². The second-order valence-electron chi connectivity index (χ2n) is 6.01. The third kappa shape index (κ3) is 5.29. The summed E-state index contributed by atoms with van der Waals surface area (Å²) in [5.41, 5.74) is 4.34. The van der Waals surface area contributed by atoms with Gasteiger partial charge in [-0.2, -0.15) is 5.10 Å². The molecule has 0 fully saturated rings. The number of aromatic carboxylic acids is 1. The van der Waals surface area contributed by atoms with Gasteiger partial charge in [-0.05, 0) is 36.8 Å². The molecule has 0 bridgehead atoms. The zero-order valence-corrected chi connectivity index (χ0v) is 15.3. The molecule has 29 heavy (non-hydrogen) atoms. The number of nitrogens with zero attached hydrogens (tertiary/aromatic N) is 1. The molecule has 0 aliphatic heterocycles. The first-order valence-electron chi connectivity index (χ1n) is 8.56. The van der Waals surface area contributed by atoms with Crippen molar-refractivity contribution in [1.82, 2.24) is 5.43 Å². The number of carboxylic acids is 1. The van der Waals surface area contributed by atoms with E-state index in [-0.39, 0.29) is 18.1 Å². The molecular formula is C21H16FN2O5-. The number of carbonyl (C=O) groups is 2. The van der Waals surface area contributed by atoms with E-state index in [1.807, 2.05) is 0 Å². The van der Waals surface area contributed by atoms with Crippen LogP contribution in [0.2, 0.25) is 0 Å². The first-order valence-corrected chi connectivity index (χ1v) is 8.56. The predicted molar refractivity (Wildman–Crippen MR) is 101 cm³/mol. The summed E-state index contributed by atoms with van der Waals surface area (Å²) in [6.07, 6.45) is 0. The molecule has 1 amide bonds. The number of amides is 1. The lowest BCUT2D eigenvalue weighted by Crippen LogP contribution is -2.25. The molecule has 7 nitrogen and oxygen atoms in total. The van der Waals surface area contributed by atoms with Crippen molar-refractivity contribution in [2.45, 2.75) is 6.92 Å². The summed E-state index contributed by atoms with van der Waals surface area (Å²) in [5.74, 6) is -1.93. The normalized spacial score (nSPS) is 11.2. The van der Waals surface area contributed by atoms with Crippen molar-refractivity contribution in [3.63, 3.8) is 0 Å². The molecule has 3 aromatic rings. The number of furan rings is 1. The highest BCUT2D eigenvalue weighted by Crippen LogP contribution is 2.22. The lowest BCUT2D eigenvalue weighted by atomic mass is 10.1. The van der Waals surface area contributed by atoms with Crippen molar-refractivity contribution in [2.75, 3.05) is 6.61 Å². The van der Waals surface area contributed by atoms with E-state index in [9.17, 15) is 19.1 Å². The van der Waals surface area contributed by atoms with Crippen LogP contribution in [0.1, 0.15) is 23.0 Å². The Morgan fingerprint density at radius 3 is 2.55 bits per heavy atom. The minimum atomic E-state index is -1.38. The van der Waals surface area contributed by atoms with Gasteiger partial charge in [0.05, 0.1) is 5.71 Å². The van der Waals surface area contributed by atoms with Gasteiger partial charge in [0.25, 0.3) is 5.91 Å². The van der Waals surface area contributed by atoms with Gasteiger partial charge in [0, 0.05) is 11.6 Å². The molecule has 0 saturated heterocycles. The molecule has 2 aromatic carbocycles. The van der Waals surface area contributed by atoms with Crippen LogP contribution in [0.5, 0.6) is 5.75 Å². The number of benzene rings is 2. The molecule has 0 aliphatic rings. The van der Waals surface area contributed by atoms with Gasteiger partial charge in [-0.1, -0.05) is 30.3 Å². The number of carbonyl (C=O) groups excluding carboxylic acids is 2. The Morgan fingerprint density at radius 1 is 1.14 bits per heavy atom. The van der Waals surface area contributed by atoms with Crippen molar-refractivity contribution in [3.8, 4) is 17.1 Å². The van der Waals surface area contributed by atoms with Gasteiger partial charge in [0.1, 0.15) is 29.1 Å². The van der Waals surface area contributed by atoms with Crippen LogP contribution in [0, 0.1) is 5.82 Å². The number of halogens is 1. The van der Waals surface area contributed by atoms with Crippen molar-refractivity contribution in [3.05, 3.63) is 77.8 Å². The molecule has 0 aliphatic carbocycles. The standard InChI is InChI=1S/C21H17FN2O5/c1-13(23-24-20(25)12-28-17-4-2-3-16(22)11-17)14-5-7-15(8-6-14)18-9-10-19(29-18)21(26)27/h2-11H,12H2,1H3,(H,24,25)(H,26,27)/p-1/b23-13-. The summed E-state index contributed by atoms with van der Waals surface area (Å²) in [4.78, 5) is 22.6. The van der Waals surface area contributed by atoms with E-state index in [2.05, 4.69) is 10.5 Å². The van der Waals surface area contributed by atoms with Crippen molar-refractivity contribution in [2.24, 2.45) is 5.10 Å². The van der Waals surface area contributed by atoms with E-state index in [1.165, 1.54) is 24.3 Å². The Bertz CT molecular complexity index is 1060. The van der Waals surface area contributed by atoms with Gasteiger partial charge in [-0.15, -0.1) is 0 Å². The maximum Gasteiger partial charge on any atom is 0.277 e. The molecule has 1 N–H and O–H groups in total. The fourth-order valence-electron chi connectivity index (χ4n) is 2.43. The average Bonchev–Trinajstić information content (AvgIpc) is 3.21. The number of ether oxygens (including phenoxy) is 1. The Hall–Kier alpha value is -3.94. The van der Waals surface area contributed by atoms with Gasteiger partial charge < -0.3 is 19.1 Å². The molecule has 0 spiro atoms. The van der Waals surface area contributed by atoms with Gasteiger partial charge in [-0.25, -0.2) is 9.82 Å². The van der Waals surface area contributed by atoms with Crippen LogP contribution in [0.25, 0.3) is 11.3 Å². The van der Waals surface area contributed by atoms with E-state index >= 15 is 0 Å². The van der Waals surface area contributed by atoms with Crippen molar-refractivity contribution in [1.29, 1.82) is 0 Å². The molecule has 0 radical (unpaired) electrons. The highest BCUT2D eigenvalue weighted by Gasteiger charge is 2.07. The zero-order chi connectivity index (χ0) is 20.8. The Kier molecular flexibility index (Phi) is 6.03. The van der Waals surface area contributed by atoms with Gasteiger partial charge in [-0.3, -0.25) is 4.79 Å². The van der Waals surface area contributed by atoms with Gasteiger partial charge in [0.2, 0.25) is 0 Å². The largest absolute Gasteiger partial charge is 0.542 e. The summed E-state index contributed by atoms with van der Waals surface area (Å²) in [6.45, 7) is 1.41. The number of hydrogen-bond donors (Lipinski definition) is 1. The molecule has 8 heteroatoms. The van der Waals surface area contributed by atoms with E-state index in [0.717, 1.165) is 5.56 Å². The molecule has 1 aromatic heterocycles. The van der Waals surface area contributed by atoms with E-state index in [4.69, 9.17) is 9.15 Å². The maximum absolute atomic E-state index is 13.1. The van der Waals surface area contributed by atoms with E-state index < -0.39 is 17.7 Å². The van der Waals surface area contributed by atoms with Crippen molar-refractivity contribution >= 4 is 17.6 Å². The van der Waals surface area contributed by atoms with E-state index in [0.29, 0.717) is 17.0 Å². The lowest BCUT2D eigenvalue weighted by molar-refractivity contribution is -0.257. The Labute approximate surface area is 165 Å². The minimum absolute atomic E-state index is 0.245. The maximum atomic E-state index is 13.1. The fourth-order valence-corrected chi connectivity index (χ4v) is 2.43. The first-order chi connectivity index (χ1) is 13.9. The number of carboxylic acid groups (broad SMARTS) is 1.